The minimum atomic E-state index is -0.0716. The van der Waals surface area contributed by atoms with Crippen molar-refractivity contribution in [1.29, 1.82) is 0 Å². The molecule has 0 saturated carbocycles. The Labute approximate surface area is 177 Å². The Morgan fingerprint density at radius 3 is 2.50 bits per heavy atom. The van der Waals surface area contributed by atoms with Gasteiger partial charge in [-0.1, -0.05) is 70.8 Å². The number of Topliss-reactive ketones (excluding diaryl/α,β-unsaturated/α-hetero) is 1. The van der Waals surface area contributed by atoms with Gasteiger partial charge in [0.05, 0.1) is 14.9 Å². The van der Waals surface area contributed by atoms with E-state index in [-0.39, 0.29) is 11.9 Å². The fourth-order valence-corrected chi connectivity index (χ4v) is 4.43. The maximum absolute atomic E-state index is 12.2. The average Bonchev–Trinajstić information content (AvgIpc) is 3.36. The molecule has 1 aliphatic heterocycles. The number of nitrogens with zero attached hydrogens (tertiary/aromatic N) is 1. The topological polar surface area (TPSA) is 38.7 Å². The van der Waals surface area contributed by atoms with Gasteiger partial charge in [-0.05, 0) is 35.7 Å². The lowest BCUT2D eigenvalue weighted by Gasteiger charge is -2.07. The summed E-state index contributed by atoms with van der Waals surface area (Å²) in [6, 6.07) is 19.4. The van der Waals surface area contributed by atoms with Crippen molar-refractivity contribution in [3.63, 3.8) is 0 Å². The van der Waals surface area contributed by atoms with E-state index in [1.807, 2.05) is 48.5 Å². The van der Waals surface area contributed by atoms with Gasteiger partial charge in [0.25, 0.3) is 0 Å². The number of benzene rings is 2. The van der Waals surface area contributed by atoms with Crippen LogP contribution in [0.2, 0.25) is 9.36 Å². The molecule has 2 aromatic carbocycles. The van der Waals surface area contributed by atoms with Crippen LogP contribution in [0.5, 0.6) is 0 Å². The summed E-state index contributed by atoms with van der Waals surface area (Å²) in [5.41, 5.74) is 3.99. The average molecular weight is 430 g/mol. The van der Waals surface area contributed by atoms with E-state index >= 15 is 0 Å². The van der Waals surface area contributed by atoms with Gasteiger partial charge in [-0.15, -0.1) is 11.3 Å². The number of thiophene rings is 1. The van der Waals surface area contributed by atoms with E-state index in [1.54, 1.807) is 12.1 Å². The van der Waals surface area contributed by atoms with E-state index in [9.17, 15) is 4.79 Å². The number of carbonyl (C=O) groups excluding carboxylic acids is 1. The summed E-state index contributed by atoms with van der Waals surface area (Å²) in [5, 5.41) is 4.95. The van der Waals surface area contributed by atoms with E-state index in [4.69, 9.17) is 28.0 Å². The lowest BCUT2D eigenvalue weighted by Crippen LogP contribution is -2.11. The summed E-state index contributed by atoms with van der Waals surface area (Å²) in [5.74, 6) is 0.0954. The third kappa shape index (κ3) is 4.30. The van der Waals surface area contributed by atoms with Gasteiger partial charge in [0.2, 0.25) is 0 Å². The first-order chi connectivity index (χ1) is 13.6. The molecule has 0 spiro atoms. The van der Waals surface area contributed by atoms with Gasteiger partial charge in [-0.3, -0.25) is 4.79 Å². The molecule has 3 aromatic rings. The van der Waals surface area contributed by atoms with E-state index in [0.717, 1.165) is 27.4 Å². The van der Waals surface area contributed by atoms with E-state index in [0.29, 0.717) is 28.5 Å². The molecular formula is C22H17Cl2NO2S. The molecule has 142 valence electrons. The summed E-state index contributed by atoms with van der Waals surface area (Å²) < 4.78 is 0.631. The lowest BCUT2D eigenvalue weighted by molar-refractivity contribution is 0.0720. The molecule has 0 bridgehead atoms. The third-order valence-corrected chi connectivity index (χ3v) is 6.28. The van der Waals surface area contributed by atoms with Gasteiger partial charge in [0.15, 0.2) is 5.78 Å². The molecule has 2 heterocycles. The van der Waals surface area contributed by atoms with Crippen LogP contribution < -0.4 is 0 Å². The summed E-state index contributed by atoms with van der Waals surface area (Å²) in [7, 11) is 0. The molecule has 1 atom stereocenters. The molecular weight excluding hydrogens is 413 g/mol. The normalized spacial score (nSPS) is 15.9. The van der Waals surface area contributed by atoms with Crippen molar-refractivity contribution in [3.8, 4) is 11.1 Å². The zero-order valence-corrected chi connectivity index (χ0v) is 17.2. The quantitative estimate of drug-likeness (QED) is 0.400. The fraction of sp³-hybridized carbons (Fsp3) is 0.182. The summed E-state index contributed by atoms with van der Waals surface area (Å²) in [4.78, 5) is 18.4. The van der Waals surface area contributed by atoms with Crippen LogP contribution in [-0.4, -0.2) is 17.6 Å². The molecule has 28 heavy (non-hydrogen) atoms. The number of rotatable bonds is 6. The first-order valence-corrected chi connectivity index (χ1v) is 10.5. The number of hydrogen-bond acceptors (Lipinski definition) is 4. The van der Waals surface area contributed by atoms with Gasteiger partial charge in [0, 0.05) is 23.4 Å². The summed E-state index contributed by atoms with van der Waals surface area (Å²) in [6.45, 7) is 0. The Morgan fingerprint density at radius 1 is 1.04 bits per heavy atom. The molecule has 1 aliphatic rings. The Kier molecular flexibility index (Phi) is 5.81. The maximum Gasteiger partial charge on any atom is 0.172 e. The Hall–Kier alpha value is -2.14. The molecule has 6 heteroatoms. The highest BCUT2D eigenvalue weighted by Crippen LogP contribution is 2.29. The predicted octanol–water partition coefficient (Wildman–Crippen LogP) is 6.88. The van der Waals surface area contributed by atoms with Crippen molar-refractivity contribution in [2.24, 2.45) is 5.16 Å². The van der Waals surface area contributed by atoms with Crippen LogP contribution >= 0.6 is 34.5 Å². The van der Waals surface area contributed by atoms with Crippen LogP contribution in [0, 0.1) is 0 Å². The first-order valence-electron chi connectivity index (χ1n) is 8.97. The monoisotopic (exact) mass is 429 g/mol. The SMILES string of the molecule is O=C(CCC1CC(c2ccc(-c3ccccc3Cl)cc2)=NO1)c1ccc(Cl)s1. The van der Waals surface area contributed by atoms with Crippen molar-refractivity contribution in [1.82, 2.24) is 0 Å². The summed E-state index contributed by atoms with van der Waals surface area (Å²) >= 11 is 13.5. The number of ketones is 1. The lowest BCUT2D eigenvalue weighted by atomic mass is 9.98. The molecule has 0 amide bonds. The van der Waals surface area contributed by atoms with Crippen LogP contribution in [0.15, 0.2) is 65.8 Å². The van der Waals surface area contributed by atoms with Crippen LogP contribution in [0.1, 0.15) is 34.5 Å². The smallest absolute Gasteiger partial charge is 0.172 e. The zero-order chi connectivity index (χ0) is 19.5. The number of carbonyl (C=O) groups is 1. The van der Waals surface area contributed by atoms with Crippen LogP contribution in [0.3, 0.4) is 0 Å². The minimum absolute atomic E-state index is 0.0716. The van der Waals surface area contributed by atoms with Gasteiger partial charge in [-0.25, -0.2) is 0 Å². The molecule has 1 unspecified atom stereocenters. The van der Waals surface area contributed by atoms with Gasteiger partial charge >= 0.3 is 0 Å². The highest BCUT2D eigenvalue weighted by atomic mass is 35.5. The van der Waals surface area contributed by atoms with Crippen LogP contribution in [0.25, 0.3) is 11.1 Å². The second kappa shape index (κ2) is 8.48. The van der Waals surface area contributed by atoms with Crippen LogP contribution in [-0.2, 0) is 4.84 Å². The van der Waals surface area contributed by atoms with E-state index in [2.05, 4.69) is 5.16 Å². The fourth-order valence-electron chi connectivity index (χ4n) is 3.17. The highest BCUT2D eigenvalue weighted by Gasteiger charge is 2.23. The Bertz CT molecular complexity index is 1030. The van der Waals surface area contributed by atoms with Crippen molar-refractivity contribution in [2.75, 3.05) is 0 Å². The molecule has 1 aromatic heterocycles. The molecule has 4 rings (SSSR count). The van der Waals surface area contributed by atoms with Gasteiger partial charge in [-0.2, -0.15) is 0 Å². The van der Waals surface area contributed by atoms with Gasteiger partial charge < -0.3 is 4.84 Å². The molecule has 0 N–H and O–H groups in total. The maximum atomic E-state index is 12.2. The molecule has 0 aliphatic carbocycles. The van der Waals surface area contributed by atoms with Crippen molar-refractivity contribution in [3.05, 3.63) is 80.5 Å². The number of halogens is 2. The molecule has 0 saturated heterocycles. The highest BCUT2D eigenvalue weighted by molar-refractivity contribution is 7.18. The third-order valence-electron chi connectivity index (χ3n) is 4.68. The minimum Gasteiger partial charge on any atom is -0.392 e. The number of oxime groups is 1. The van der Waals surface area contributed by atoms with Crippen molar-refractivity contribution in [2.45, 2.75) is 25.4 Å². The number of hydrogen-bond donors (Lipinski definition) is 0. The van der Waals surface area contributed by atoms with E-state index in [1.165, 1.54) is 11.3 Å². The Morgan fingerprint density at radius 2 is 1.79 bits per heavy atom. The largest absolute Gasteiger partial charge is 0.392 e. The molecule has 3 nitrogen and oxygen atoms in total. The summed E-state index contributed by atoms with van der Waals surface area (Å²) in [6.07, 6.45) is 1.69. The van der Waals surface area contributed by atoms with Gasteiger partial charge in [0.1, 0.15) is 6.10 Å². The van der Waals surface area contributed by atoms with Crippen molar-refractivity contribution < 1.29 is 9.63 Å². The standard InChI is InChI=1S/C22H17Cl2NO2S/c23-18-4-2-1-3-17(18)14-5-7-15(8-6-14)19-13-16(27-25-19)9-10-20(26)21-11-12-22(24)28-21/h1-8,11-12,16H,9-10,13H2. The van der Waals surface area contributed by atoms with E-state index < -0.39 is 0 Å². The van der Waals surface area contributed by atoms with Crippen molar-refractivity contribution >= 4 is 46.0 Å². The Balaban J connectivity index is 1.35. The zero-order valence-electron chi connectivity index (χ0n) is 14.9. The molecule has 0 radical (unpaired) electrons. The first kappa shape index (κ1) is 19.2. The second-order valence-corrected chi connectivity index (χ2v) is 8.71. The second-order valence-electron chi connectivity index (χ2n) is 6.59. The molecule has 0 fully saturated rings. The predicted molar refractivity (Wildman–Crippen MR) is 116 cm³/mol. The van der Waals surface area contributed by atoms with Crippen LogP contribution in [0.4, 0.5) is 0 Å².